The molecule has 0 bridgehead atoms. The van der Waals surface area contributed by atoms with Crippen molar-refractivity contribution in [2.45, 2.75) is 31.5 Å². The van der Waals surface area contributed by atoms with E-state index in [-0.39, 0.29) is 12.1 Å². The van der Waals surface area contributed by atoms with Crippen LogP contribution in [-0.2, 0) is 11.3 Å². The number of hydrogen-bond donors (Lipinski definition) is 0. The highest BCUT2D eigenvalue weighted by molar-refractivity contribution is 5.50. The van der Waals surface area contributed by atoms with Crippen molar-refractivity contribution in [3.05, 3.63) is 53.9 Å². The van der Waals surface area contributed by atoms with Gasteiger partial charge in [-0.3, -0.25) is 4.90 Å². The van der Waals surface area contributed by atoms with Gasteiger partial charge in [0.2, 0.25) is 0 Å². The quantitative estimate of drug-likeness (QED) is 0.446. The second-order valence-electron chi connectivity index (χ2n) is 9.09. The van der Waals surface area contributed by atoms with Crippen molar-refractivity contribution in [3.63, 3.8) is 0 Å². The number of ether oxygens (including phenoxy) is 4. The van der Waals surface area contributed by atoms with Gasteiger partial charge >= 0.3 is 0 Å². The number of anilines is 1. The van der Waals surface area contributed by atoms with Gasteiger partial charge in [0.05, 0.1) is 34.0 Å². The lowest BCUT2D eigenvalue weighted by molar-refractivity contribution is 0.0906. The molecule has 0 radical (unpaired) electrons. The lowest BCUT2D eigenvalue weighted by Gasteiger charge is -2.40. The van der Waals surface area contributed by atoms with E-state index in [1.807, 2.05) is 28.9 Å². The van der Waals surface area contributed by atoms with Crippen LogP contribution in [0.5, 0.6) is 17.2 Å². The summed E-state index contributed by atoms with van der Waals surface area (Å²) in [6.07, 6.45) is 2.24. The van der Waals surface area contributed by atoms with Crippen LogP contribution in [0.15, 0.2) is 42.5 Å². The predicted octanol–water partition coefficient (Wildman–Crippen LogP) is 2.79. The third-order valence-electron chi connectivity index (χ3n) is 7.06. The summed E-state index contributed by atoms with van der Waals surface area (Å²) in [6, 6.07) is 14.0. The van der Waals surface area contributed by atoms with E-state index in [0.717, 1.165) is 74.3 Å². The summed E-state index contributed by atoms with van der Waals surface area (Å²) in [5, 5.41) is 12.9. The molecule has 36 heavy (non-hydrogen) atoms. The van der Waals surface area contributed by atoms with Crippen molar-refractivity contribution < 1.29 is 18.9 Å². The highest BCUT2D eigenvalue weighted by Crippen LogP contribution is 2.37. The van der Waals surface area contributed by atoms with Crippen LogP contribution in [0.25, 0.3) is 0 Å². The Kier molecular flexibility index (Phi) is 7.52. The number of methoxy groups -OCH3 is 3. The number of aromatic nitrogens is 4. The molecule has 192 valence electrons. The van der Waals surface area contributed by atoms with Gasteiger partial charge in [-0.2, -0.15) is 0 Å². The van der Waals surface area contributed by atoms with Gasteiger partial charge in [0.25, 0.3) is 0 Å². The third kappa shape index (κ3) is 5.10. The zero-order valence-electron chi connectivity index (χ0n) is 21.2. The number of tetrazole rings is 1. The summed E-state index contributed by atoms with van der Waals surface area (Å²) in [6.45, 7) is 4.90. The molecule has 2 fully saturated rings. The highest BCUT2D eigenvalue weighted by atomic mass is 16.5. The van der Waals surface area contributed by atoms with Crippen LogP contribution in [0.2, 0.25) is 0 Å². The SMILES string of the molecule is COc1ccc(N2CCN([C@@H](c3ccc(OC)cc3OC)c3nnnn3C[C@@H]3CCCO3)CC2)cc1. The maximum Gasteiger partial charge on any atom is 0.173 e. The lowest BCUT2D eigenvalue weighted by Crippen LogP contribution is -2.48. The zero-order chi connectivity index (χ0) is 24.9. The van der Waals surface area contributed by atoms with E-state index in [0.29, 0.717) is 6.54 Å². The fraction of sp³-hybridized carbons (Fsp3) is 0.500. The molecule has 0 spiro atoms. The van der Waals surface area contributed by atoms with Gasteiger partial charge in [-0.25, -0.2) is 4.68 Å². The molecule has 2 aliphatic heterocycles. The van der Waals surface area contributed by atoms with Crippen molar-refractivity contribution >= 4 is 5.69 Å². The molecule has 10 nitrogen and oxygen atoms in total. The van der Waals surface area contributed by atoms with E-state index in [1.54, 1.807) is 21.3 Å². The van der Waals surface area contributed by atoms with Crippen LogP contribution >= 0.6 is 0 Å². The molecule has 0 unspecified atom stereocenters. The molecule has 0 N–H and O–H groups in total. The van der Waals surface area contributed by atoms with E-state index in [4.69, 9.17) is 18.9 Å². The summed E-state index contributed by atoms with van der Waals surface area (Å²) >= 11 is 0. The molecule has 5 rings (SSSR count). The third-order valence-corrected chi connectivity index (χ3v) is 7.06. The second-order valence-corrected chi connectivity index (χ2v) is 9.09. The van der Waals surface area contributed by atoms with E-state index < -0.39 is 0 Å². The molecule has 3 aromatic rings. The fourth-order valence-electron chi connectivity index (χ4n) is 5.09. The Hall–Kier alpha value is -3.37. The summed E-state index contributed by atoms with van der Waals surface area (Å²) < 4.78 is 24.4. The summed E-state index contributed by atoms with van der Waals surface area (Å²) in [4.78, 5) is 4.83. The number of nitrogens with zero attached hydrogens (tertiary/aromatic N) is 6. The number of hydrogen-bond acceptors (Lipinski definition) is 9. The molecule has 1 aromatic heterocycles. The van der Waals surface area contributed by atoms with Gasteiger partial charge in [0.15, 0.2) is 5.82 Å². The van der Waals surface area contributed by atoms with E-state index in [2.05, 4.69) is 43.5 Å². The topological polar surface area (TPSA) is 87.0 Å². The first-order chi connectivity index (χ1) is 17.7. The standard InChI is InChI=1S/C26H34N6O4/c1-33-20-8-6-19(7-9-20)30-12-14-31(15-13-30)25(23-11-10-21(34-2)17-24(23)35-3)26-27-28-29-32(26)18-22-5-4-16-36-22/h6-11,17,22,25H,4-5,12-16,18H2,1-3H3/t22-,25-/m0/s1. The molecule has 2 saturated heterocycles. The van der Waals surface area contributed by atoms with E-state index in [1.165, 1.54) is 5.69 Å². The first-order valence-corrected chi connectivity index (χ1v) is 12.4. The summed E-state index contributed by atoms with van der Waals surface area (Å²) in [7, 11) is 5.03. The maximum absolute atomic E-state index is 5.88. The molecule has 0 aliphatic carbocycles. The van der Waals surface area contributed by atoms with Gasteiger partial charge in [0.1, 0.15) is 23.3 Å². The maximum atomic E-state index is 5.88. The van der Waals surface area contributed by atoms with E-state index >= 15 is 0 Å². The van der Waals surface area contributed by atoms with Crippen LogP contribution in [0.3, 0.4) is 0 Å². The summed E-state index contributed by atoms with van der Waals surface area (Å²) in [5.41, 5.74) is 2.21. The minimum absolute atomic E-state index is 0.137. The molecule has 2 aromatic carbocycles. The molecule has 0 saturated carbocycles. The monoisotopic (exact) mass is 494 g/mol. The number of piperazine rings is 1. The van der Waals surface area contributed by atoms with Crippen molar-refractivity contribution in [2.75, 3.05) is 59.0 Å². The fourth-order valence-corrected chi connectivity index (χ4v) is 5.09. The van der Waals surface area contributed by atoms with Gasteiger partial charge in [-0.15, -0.1) is 5.10 Å². The Balaban J connectivity index is 1.43. The van der Waals surface area contributed by atoms with Gasteiger partial charge < -0.3 is 23.8 Å². The molecule has 2 aliphatic rings. The molecule has 3 heterocycles. The van der Waals surface area contributed by atoms with Crippen LogP contribution in [0.4, 0.5) is 5.69 Å². The first kappa shape index (κ1) is 24.3. The van der Waals surface area contributed by atoms with Crippen molar-refractivity contribution in [1.29, 1.82) is 0 Å². The molecular formula is C26H34N6O4. The van der Waals surface area contributed by atoms with Crippen molar-refractivity contribution in [2.24, 2.45) is 0 Å². The average Bonchev–Trinajstić information content (AvgIpc) is 3.62. The Morgan fingerprint density at radius 2 is 1.69 bits per heavy atom. The molecule has 2 atom stereocenters. The minimum atomic E-state index is -0.166. The van der Waals surface area contributed by atoms with Crippen molar-refractivity contribution in [1.82, 2.24) is 25.1 Å². The zero-order valence-corrected chi connectivity index (χ0v) is 21.2. The first-order valence-electron chi connectivity index (χ1n) is 12.4. The Labute approximate surface area is 211 Å². The Morgan fingerprint density at radius 3 is 2.36 bits per heavy atom. The van der Waals surface area contributed by atoms with E-state index in [9.17, 15) is 0 Å². The van der Waals surface area contributed by atoms with Crippen molar-refractivity contribution in [3.8, 4) is 17.2 Å². The van der Waals surface area contributed by atoms with Crippen LogP contribution in [-0.4, -0.2) is 85.3 Å². The van der Waals surface area contributed by atoms with Gasteiger partial charge in [0, 0.05) is 50.1 Å². The predicted molar refractivity (Wildman–Crippen MR) is 135 cm³/mol. The van der Waals surface area contributed by atoms with Crippen LogP contribution < -0.4 is 19.1 Å². The molecular weight excluding hydrogens is 460 g/mol. The number of rotatable bonds is 9. The normalized spacial score (nSPS) is 19.3. The molecule has 10 heteroatoms. The smallest absolute Gasteiger partial charge is 0.173 e. The lowest BCUT2D eigenvalue weighted by atomic mass is 10.0. The Bertz CT molecular complexity index is 1120. The van der Waals surface area contributed by atoms with Crippen LogP contribution in [0.1, 0.15) is 30.3 Å². The van der Waals surface area contributed by atoms with Crippen LogP contribution in [0, 0.1) is 0 Å². The largest absolute Gasteiger partial charge is 0.497 e. The number of benzene rings is 2. The van der Waals surface area contributed by atoms with Gasteiger partial charge in [-0.1, -0.05) is 0 Å². The second kappa shape index (κ2) is 11.1. The minimum Gasteiger partial charge on any atom is -0.497 e. The highest BCUT2D eigenvalue weighted by Gasteiger charge is 2.33. The summed E-state index contributed by atoms with van der Waals surface area (Å²) in [5.74, 6) is 3.16. The van der Waals surface area contributed by atoms with Gasteiger partial charge in [-0.05, 0) is 59.7 Å². The molecule has 0 amide bonds. The average molecular weight is 495 g/mol. The Morgan fingerprint density at radius 1 is 0.944 bits per heavy atom.